The fraction of sp³-hybridized carbons (Fsp3) is 0.364. The summed E-state index contributed by atoms with van der Waals surface area (Å²) < 4.78 is 0. The van der Waals surface area contributed by atoms with Gasteiger partial charge in [0.05, 0.1) is 11.6 Å². The van der Waals surface area contributed by atoms with Crippen molar-refractivity contribution in [2.24, 2.45) is 0 Å². The normalized spacial score (nSPS) is 9.53. The van der Waals surface area contributed by atoms with Gasteiger partial charge >= 0.3 is 0 Å². The molecule has 90 valence electrons. The first kappa shape index (κ1) is 13.3. The van der Waals surface area contributed by atoms with Crippen LogP contribution < -0.4 is 5.32 Å². The van der Waals surface area contributed by atoms with Gasteiger partial charge in [0, 0.05) is 27.1 Å². The molecule has 0 atom stereocenters. The highest BCUT2D eigenvalue weighted by atomic mass is 35.5. The van der Waals surface area contributed by atoms with Crippen LogP contribution in [0.3, 0.4) is 0 Å². The van der Waals surface area contributed by atoms with E-state index in [1.165, 1.54) is 11.0 Å². The van der Waals surface area contributed by atoms with E-state index in [4.69, 9.17) is 16.9 Å². The maximum Gasteiger partial charge on any atom is 0.223 e. The zero-order chi connectivity index (χ0) is 12.8. The van der Waals surface area contributed by atoms with Gasteiger partial charge < -0.3 is 10.2 Å². The van der Waals surface area contributed by atoms with Crippen molar-refractivity contribution in [1.82, 2.24) is 9.88 Å². The molecule has 1 rings (SSSR count). The van der Waals surface area contributed by atoms with Crippen molar-refractivity contribution < 1.29 is 4.79 Å². The summed E-state index contributed by atoms with van der Waals surface area (Å²) in [6.07, 6.45) is 0.364. The Hall–Kier alpha value is -1.80. The Morgan fingerprint density at radius 1 is 1.59 bits per heavy atom. The number of amides is 1. The molecule has 6 heteroatoms. The van der Waals surface area contributed by atoms with E-state index < -0.39 is 0 Å². The molecule has 0 aliphatic carbocycles. The standard InChI is InChI=1S/C11H13ClN4O/c1-16(2)11(17)3-4-14-10-6-8(7-13)5-9(12)15-10/h5-6H,3-4H2,1-2H3,(H,14,15). The summed E-state index contributed by atoms with van der Waals surface area (Å²) in [6.45, 7) is 0.454. The van der Waals surface area contributed by atoms with E-state index in [9.17, 15) is 4.79 Å². The van der Waals surface area contributed by atoms with Crippen molar-refractivity contribution >= 4 is 23.3 Å². The molecule has 17 heavy (non-hydrogen) atoms. The van der Waals surface area contributed by atoms with E-state index >= 15 is 0 Å². The minimum absolute atomic E-state index is 0.0278. The molecule has 0 saturated heterocycles. The molecule has 0 aliphatic rings. The van der Waals surface area contributed by atoms with Crippen molar-refractivity contribution in [1.29, 1.82) is 5.26 Å². The predicted molar refractivity (Wildman–Crippen MR) is 65.8 cm³/mol. The van der Waals surface area contributed by atoms with Crippen LogP contribution in [0.25, 0.3) is 0 Å². The average Bonchev–Trinajstić information content (AvgIpc) is 2.27. The molecule has 0 fully saturated rings. The molecular formula is C11H13ClN4O. The van der Waals surface area contributed by atoms with Crippen LogP contribution in [0.15, 0.2) is 12.1 Å². The van der Waals surface area contributed by atoms with Crippen LogP contribution in [0.2, 0.25) is 5.15 Å². The first-order valence-electron chi connectivity index (χ1n) is 5.04. The molecule has 0 aromatic carbocycles. The summed E-state index contributed by atoms with van der Waals surface area (Å²) in [7, 11) is 3.40. The number of hydrogen-bond acceptors (Lipinski definition) is 4. The lowest BCUT2D eigenvalue weighted by molar-refractivity contribution is -0.128. The summed E-state index contributed by atoms with van der Waals surface area (Å²) in [5.41, 5.74) is 0.437. The number of anilines is 1. The van der Waals surface area contributed by atoms with Crippen LogP contribution in [-0.4, -0.2) is 36.4 Å². The number of nitrogens with zero attached hydrogens (tertiary/aromatic N) is 3. The second-order valence-corrected chi connectivity index (χ2v) is 4.03. The number of carbonyl (C=O) groups excluding carboxylic acids is 1. The molecule has 0 radical (unpaired) electrons. The third-order valence-corrected chi connectivity index (χ3v) is 2.26. The van der Waals surface area contributed by atoms with E-state index in [0.29, 0.717) is 24.3 Å². The largest absolute Gasteiger partial charge is 0.369 e. The molecule has 0 aliphatic heterocycles. The first-order chi connectivity index (χ1) is 8.02. The summed E-state index contributed by atoms with van der Waals surface area (Å²) in [4.78, 5) is 16.8. The van der Waals surface area contributed by atoms with Gasteiger partial charge in [0.2, 0.25) is 5.91 Å². The number of carbonyl (C=O) groups is 1. The Labute approximate surface area is 105 Å². The fourth-order valence-corrected chi connectivity index (χ4v) is 1.38. The van der Waals surface area contributed by atoms with Crippen molar-refractivity contribution in [3.05, 3.63) is 22.8 Å². The van der Waals surface area contributed by atoms with Crippen LogP contribution in [0.4, 0.5) is 5.82 Å². The molecule has 0 unspecified atom stereocenters. The Bertz CT molecular complexity index is 453. The molecule has 1 amide bonds. The van der Waals surface area contributed by atoms with Gasteiger partial charge in [-0.1, -0.05) is 11.6 Å². The number of aromatic nitrogens is 1. The lowest BCUT2D eigenvalue weighted by Crippen LogP contribution is -2.24. The van der Waals surface area contributed by atoms with E-state index in [0.717, 1.165) is 0 Å². The van der Waals surface area contributed by atoms with E-state index in [1.54, 1.807) is 20.2 Å². The maximum absolute atomic E-state index is 11.3. The maximum atomic E-state index is 11.3. The average molecular weight is 253 g/mol. The highest BCUT2D eigenvalue weighted by molar-refractivity contribution is 6.29. The van der Waals surface area contributed by atoms with Gasteiger partial charge in [0.15, 0.2) is 0 Å². The van der Waals surface area contributed by atoms with Gasteiger partial charge in [-0.3, -0.25) is 4.79 Å². The zero-order valence-corrected chi connectivity index (χ0v) is 10.5. The van der Waals surface area contributed by atoms with Gasteiger partial charge in [-0.2, -0.15) is 5.26 Å². The fourth-order valence-electron chi connectivity index (χ4n) is 1.17. The van der Waals surface area contributed by atoms with E-state index in [-0.39, 0.29) is 11.1 Å². The second-order valence-electron chi connectivity index (χ2n) is 3.64. The Balaban J connectivity index is 2.55. The van der Waals surface area contributed by atoms with Gasteiger partial charge in [-0.25, -0.2) is 4.98 Å². The van der Waals surface area contributed by atoms with Gasteiger partial charge in [0.1, 0.15) is 11.0 Å². The van der Waals surface area contributed by atoms with Crippen LogP contribution in [0.1, 0.15) is 12.0 Å². The SMILES string of the molecule is CN(C)C(=O)CCNc1cc(C#N)cc(Cl)n1. The first-order valence-corrected chi connectivity index (χ1v) is 5.42. The summed E-state index contributed by atoms with van der Waals surface area (Å²) >= 11 is 5.74. The van der Waals surface area contributed by atoms with Crippen LogP contribution >= 0.6 is 11.6 Å². The van der Waals surface area contributed by atoms with Crippen molar-refractivity contribution in [2.75, 3.05) is 26.0 Å². The monoisotopic (exact) mass is 252 g/mol. The van der Waals surface area contributed by atoms with Crippen molar-refractivity contribution in [3.8, 4) is 6.07 Å². The van der Waals surface area contributed by atoms with Crippen LogP contribution in [0.5, 0.6) is 0 Å². The van der Waals surface area contributed by atoms with Crippen LogP contribution in [-0.2, 0) is 4.79 Å². The number of pyridine rings is 1. The Morgan fingerprint density at radius 3 is 2.88 bits per heavy atom. The Kier molecular flexibility index (Phi) is 4.73. The number of nitriles is 1. The molecule has 1 heterocycles. The van der Waals surface area contributed by atoms with E-state index in [1.807, 2.05) is 6.07 Å². The number of hydrogen-bond donors (Lipinski definition) is 1. The van der Waals surface area contributed by atoms with Crippen LogP contribution in [0, 0.1) is 11.3 Å². The predicted octanol–water partition coefficient (Wildman–Crippen LogP) is 1.50. The second kappa shape index (κ2) is 6.06. The lowest BCUT2D eigenvalue weighted by Gasteiger charge is -2.10. The molecule has 1 aromatic rings. The number of halogens is 1. The quantitative estimate of drug-likeness (QED) is 0.825. The summed E-state index contributed by atoms with van der Waals surface area (Å²) in [5, 5.41) is 12.0. The summed E-state index contributed by atoms with van der Waals surface area (Å²) in [6, 6.07) is 5.06. The smallest absolute Gasteiger partial charge is 0.223 e. The van der Waals surface area contributed by atoms with Gasteiger partial charge in [0.25, 0.3) is 0 Å². The molecule has 1 aromatic heterocycles. The summed E-state index contributed by atoms with van der Waals surface area (Å²) in [5.74, 6) is 0.528. The molecule has 0 bridgehead atoms. The van der Waals surface area contributed by atoms with E-state index in [2.05, 4.69) is 10.3 Å². The lowest BCUT2D eigenvalue weighted by atomic mass is 10.3. The Morgan fingerprint density at radius 2 is 2.29 bits per heavy atom. The highest BCUT2D eigenvalue weighted by Gasteiger charge is 2.04. The van der Waals surface area contributed by atoms with Crippen molar-refractivity contribution in [3.63, 3.8) is 0 Å². The molecule has 0 saturated carbocycles. The highest BCUT2D eigenvalue weighted by Crippen LogP contribution is 2.13. The number of rotatable bonds is 4. The molecule has 1 N–H and O–H groups in total. The minimum Gasteiger partial charge on any atom is -0.369 e. The topological polar surface area (TPSA) is 69.0 Å². The van der Waals surface area contributed by atoms with Gasteiger partial charge in [-0.05, 0) is 12.1 Å². The zero-order valence-electron chi connectivity index (χ0n) is 9.70. The van der Waals surface area contributed by atoms with Crippen molar-refractivity contribution in [2.45, 2.75) is 6.42 Å². The van der Waals surface area contributed by atoms with Gasteiger partial charge in [-0.15, -0.1) is 0 Å². The minimum atomic E-state index is 0.0278. The molecule has 0 spiro atoms. The third kappa shape index (κ3) is 4.29. The number of nitrogens with one attached hydrogen (secondary N) is 1. The third-order valence-electron chi connectivity index (χ3n) is 2.07. The molecule has 5 nitrogen and oxygen atoms in total. The molecular weight excluding hydrogens is 240 g/mol.